The third kappa shape index (κ3) is 3.61. The van der Waals surface area contributed by atoms with E-state index in [0.29, 0.717) is 18.1 Å². The Morgan fingerprint density at radius 2 is 1.70 bits per heavy atom. The minimum Gasteiger partial charge on any atom is -0.351 e. The topological polar surface area (TPSA) is 61.4 Å². The molecule has 2 aliphatic heterocycles. The molecule has 1 atom stereocenters. The van der Waals surface area contributed by atoms with Crippen LogP contribution in [-0.4, -0.2) is 59.8 Å². The number of carbonyl (C=O) groups excluding carboxylic acids is 1. The highest BCUT2D eigenvalue weighted by Gasteiger charge is 2.30. The second kappa shape index (κ2) is 8.20. The van der Waals surface area contributed by atoms with Crippen LogP contribution in [0.25, 0.3) is 22.0 Å². The van der Waals surface area contributed by atoms with Crippen molar-refractivity contribution in [1.29, 1.82) is 0 Å². The first-order valence-electron chi connectivity index (χ1n) is 10.5. The van der Waals surface area contributed by atoms with E-state index < -0.39 is 0 Å². The fraction of sp³-hybridized carbons (Fsp3) is 0.348. The molecule has 0 aliphatic carbocycles. The van der Waals surface area contributed by atoms with Crippen molar-refractivity contribution >= 4 is 34.1 Å². The van der Waals surface area contributed by atoms with E-state index in [-0.39, 0.29) is 11.9 Å². The van der Waals surface area contributed by atoms with Gasteiger partial charge >= 0.3 is 0 Å². The van der Waals surface area contributed by atoms with E-state index in [1.165, 1.54) is 0 Å². The summed E-state index contributed by atoms with van der Waals surface area (Å²) in [5, 5.41) is 15.3. The van der Waals surface area contributed by atoms with Gasteiger partial charge in [0, 0.05) is 47.5 Å². The van der Waals surface area contributed by atoms with Gasteiger partial charge in [-0.25, -0.2) is 0 Å². The lowest BCUT2D eigenvalue weighted by Crippen LogP contribution is -2.53. The summed E-state index contributed by atoms with van der Waals surface area (Å²) in [4.78, 5) is 16.9. The van der Waals surface area contributed by atoms with Crippen LogP contribution < -0.4 is 10.2 Å². The number of hydrogen-bond acceptors (Lipinski definition) is 5. The molecule has 154 valence electrons. The number of fused-ring (bicyclic) bond motifs is 1. The van der Waals surface area contributed by atoms with Crippen LogP contribution in [0.3, 0.4) is 0 Å². The molecule has 2 aromatic carbocycles. The van der Waals surface area contributed by atoms with Gasteiger partial charge < -0.3 is 15.1 Å². The zero-order chi connectivity index (χ0) is 20.5. The molecule has 2 aliphatic rings. The highest BCUT2D eigenvalue weighted by molar-refractivity contribution is 6.30. The van der Waals surface area contributed by atoms with Gasteiger partial charge in [-0.15, -0.1) is 10.2 Å². The van der Waals surface area contributed by atoms with Gasteiger partial charge in [0.25, 0.3) is 0 Å². The Bertz CT molecular complexity index is 1060. The molecule has 3 heterocycles. The monoisotopic (exact) mass is 421 g/mol. The van der Waals surface area contributed by atoms with Gasteiger partial charge in [-0.05, 0) is 31.5 Å². The fourth-order valence-corrected chi connectivity index (χ4v) is 4.52. The van der Waals surface area contributed by atoms with E-state index in [1.54, 1.807) is 0 Å². The Hall–Kier alpha value is -2.70. The van der Waals surface area contributed by atoms with E-state index in [0.717, 1.165) is 60.3 Å². The first-order chi connectivity index (χ1) is 14.7. The lowest BCUT2D eigenvalue weighted by atomic mass is 10.0. The average molecular weight is 422 g/mol. The zero-order valence-corrected chi connectivity index (χ0v) is 17.5. The minimum absolute atomic E-state index is 0.00386. The predicted molar refractivity (Wildman–Crippen MR) is 120 cm³/mol. The number of piperazine rings is 1. The maximum absolute atomic E-state index is 12.7. The summed E-state index contributed by atoms with van der Waals surface area (Å²) in [6.07, 6.45) is 2.03. The largest absolute Gasteiger partial charge is 0.351 e. The Morgan fingerprint density at radius 1 is 0.967 bits per heavy atom. The van der Waals surface area contributed by atoms with Gasteiger partial charge in [-0.3, -0.25) is 4.79 Å². The van der Waals surface area contributed by atoms with E-state index >= 15 is 0 Å². The summed E-state index contributed by atoms with van der Waals surface area (Å²) in [7, 11) is 0. The number of carbonyl (C=O) groups is 1. The minimum atomic E-state index is -0.00386. The lowest BCUT2D eigenvalue weighted by Gasteiger charge is -2.36. The first-order valence-corrected chi connectivity index (χ1v) is 10.9. The summed E-state index contributed by atoms with van der Waals surface area (Å²) in [6, 6.07) is 15.9. The van der Waals surface area contributed by atoms with Crippen molar-refractivity contribution in [3.63, 3.8) is 0 Å². The van der Waals surface area contributed by atoms with Crippen molar-refractivity contribution in [1.82, 2.24) is 20.4 Å². The van der Waals surface area contributed by atoms with Crippen molar-refractivity contribution in [3.05, 3.63) is 53.6 Å². The van der Waals surface area contributed by atoms with Crippen molar-refractivity contribution in [2.45, 2.75) is 18.9 Å². The number of nitrogens with zero attached hydrogens (tertiary/aromatic N) is 4. The van der Waals surface area contributed by atoms with Crippen LogP contribution in [0.4, 0.5) is 5.82 Å². The van der Waals surface area contributed by atoms with Crippen molar-refractivity contribution in [3.8, 4) is 11.3 Å². The van der Waals surface area contributed by atoms with Crippen molar-refractivity contribution < 1.29 is 4.79 Å². The van der Waals surface area contributed by atoms with Crippen LogP contribution in [0.2, 0.25) is 5.02 Å². The maximum Gasteiger partial charge on any atom is 0.239 e. The van der Waals surface area contributed by atoms with Gasteiger partial charge in [0.15, 0.2) is 5.82 Å². The molecule has 1 amide bonds. The normalized spacial score (nSPS) is 19.4. The number of anilines is 1. The highest BCUT2D eigenvalue weighted by Crippen LogP contribution is 2.32. The summed E-state index contributed by atoms with van der Waals surface area (Å²) < 4.78 is 0. The molecule has 0 spiro atoms. The molecule has 1 aromatic heterocycles. The van der Waals surface area contributed by atoms with Gasteiger partial charge in [0.05, 0.1) is 6.04 Å². The Balaban J connectivity index is 1.40. The molecule has 0 unspecified atom stereocenters. The molecule has 0 saturated carbocycles. The average Bonchev–Trinajstić information content (AvgIpc) is 3.34. The fourth-order valence-electron chi connectivity index (χ4n) is 4.40. The molecule has 0 bridgehead atoms. The van der Waals surface area contributed by atoms with E-state index in [2.05, 4.69) is 32.5 Å². The van der Waals surface area contributed by atoms with Crippen LogP contribution in [0.15, 0.2) is 48.5 Å². The maximum atomic E-state index is 12.7. The molecule has 7 heteroatoms. The SMILES string of the molecule is O=C([C@H]1CCCN1)N1CCN(c2nnc(-c3ccc(Cl)cc3)c3ccccc23)CC1. The molecule has 30 heavy (non-hydrogen) atoms. The number of hydrogen-bond donors (Lipinski definition) is 1. The molecule has 1 N–H and O–H groups in total. The molecular formula is C23H24ClN5O. The summed E-state index contributed by atoms with van der Waals surface area (Å²) >= 11 is 6.05. The van der Waals surface area contributed by atoms with Crippen LogP contribution in [0.1, 0.15) is 12.8 Å². The number of benzene rings is 2. The molecule has 2 saturated heterocycles. The summed E-state index contributed by atoms with van der Waals surface area (Å²) in [5.41, 5.74) is 1.85. The van der Waals surface area contributed by atoms with Crippen molar-refractivity contribution in [2.24, 2.45) is 0 Å². The van der Waals surface area contributed by atoms with Crippen molar-refractivity contribution in [2.75, 3.05) is 37.6 Å². The third-order valence-corrected chi connectivity index (χ3v) is 6.29. The van der Waals surface area contributed by atoms with E-state index in [9.17, 15) is 4.79 Å². The molecule has 3 aromatic rings. The number of halogens is 1. The number of amides is 1. The van der Waals surface area contributed by atoms with Gasteiger partial charge in [-0.1, -0.05) is 48.0 Å². The Kier molecular flexibility index (Phi) is 5.27. The van der Waals surface area contributed by atoms with E-state index in [1.807, 2.05) is 41.3 Å². The summed E-state index contributed by atoms with van der Waals surface area (Å²) in [6.45, 7) is 3.89. The molecule has 6 nitrogen and oxygen atoms in total. The van der Waals surface area contributed by atoms with Gasteiger partial charge in [0.2, 0.25) is 5.91 Å². The Morgan fingerprint density at radius 3 is 2.40 bits per heavy atom. The molecule has 2 fully saturated rings. The van der Waals surface area contributed by atoms with E-state index in [4.69, 9.17) is 11.6 Å². The number of rotatable bonds is 3. The van der Waals surface area contributed by atoms with Crippen LogP contribution >= 0.6 is 11.6 Å². The first kappa shape index (κ1) is 19.3. The van der Waals surface area contributed by atoms with Crippen LogP contribution in [0.5, 0.6) is 0 Å². The van der Waals surface area contributed by atoms with Crippen LogP contribution in [0, 0.1) is 0 Å². The molecular weight excluding hydrogens is 398 g/mol. The zero-order valence-electron chi connectivity index (χ0n) is 16.7. The summed E-state index contributed by atoms with van der Waals surface area (Å²) in [5.74, 6) is 1.12. The quantitative estimate of drug-likeness (QED) is 0.702. The second-order valence-electron chi connectivity index (χ2n) is 7.89. The molecule has 0 radical (unpaired) electrons. The predicted octanol–water partition coefficient (Wildman–Crippen LogP) is 3.35. The third-order valence-electron chi connectivity index (χ3n) is 6.03. The number of aromatic nitrogens is 2. The van der Waals surface area contributed by atoms with Gasteiger partial charge in [0.1, 0.15) is 5.69 Å². The van der Waals surface area contributed by atoms with Gasteiger partial charge in [-0.2, -0.15) is 0 Å². The Labute approximate surface area is 180 Å². The lowest BCUT2D eigenvalue weighted by molar-refractivity contribution is -0.133. The second-order valence-corrected chi connectivity index (χ2v) is 8.32. The highest BCUT2D eigenvalue weighted by atomic mass is 35.5. The number of nitrogens with one attached hydrogen (secondary N) is 1. The standard InChI is InChI=1S/C23H24ClN5O/c24-17-9-7-16(8-10-17)21-18-4-1-2-5-19(18)22(27-26-21)28-12-14-29(15-13-28)23(30)20-6-3-11-25-20/h1-2,4-5,7-10,20,25H,3,6,11-15H2/t20-/m1/s1. The van der Waals surface area contributed by atoms with Crippen LogP contribution in [-0.2, 0) is 4.79 Å². The smallest absolute Gasteiger partial charge is 0.239 e. The molecule has 5 rings (SSSR count).